The predicted octanol–water partition coefficient (Wildman–Crippen LogP) is 21.3. The van der Waals surface area contributed by atoms with Crippen molar-refractivity contribution in [2.75, 3.05) is 52.9 Å². The summed E-state index contributed by atoms with van der Waals surface area (Å²) < 4.78 is 134. The molecule has 2 atom stereocenters. The van der Waals surface area contributed by atoms with Crippen molar-refractivity contribution in [3.05, 3.63) is 44.5 Å². The van der Waals surface area contributed by atoms with Crippen LogP contribution in [-0.2, 0) is 76.1 Å². The van der Waals surface area contributed by atoms with Crippen LogP contribution in [0.5, 0.6) is 0 Å². The van der Waals surface area contributed by atoms with Crippen molar-refractivity contribution in [3.8, 4) is 11.1 Å². The first-order chi connectivity index (χ1) is 46.0. The Kier molecular flexibility index (Phi) is 5.42. The van der Waals surface area contributed by atoms with Crippen molar-refractivity contribution in [3.63, 3.8) is 0 Å². The molecule has 2 saturated carbocycles. The first-order valence-corrected chi connectivity index (χ1v) is 40.7. The van der Waals surface area contributed by atoms with E-state index in [9.17, 15) is 0 Å². The third kappa shape index (κ3) is 2.64. The van der Waals surface area contributed by atoms with Crippen molar-refractivity contribution in [2.24, 2.45) is 0 Å². The van der Waals surface area contributed by atoms with Crippen LogP contribution in [0.2, 0.25) is 0 Å². The molecular weight excluding hydrogens is 1250 g/mol. The molecule has 0 radical (unpaired) electrons. The smallest absolute Gasteiger partial charge is 0.308 e. The van der Waals surface area contributed by atoms with Gasteiger partial charge in [0.15, 0.2) is 0 Å². The molecule has 2 fully saturated rings. The van der Waals surface area contributed by atoms with E-state index in [0.717, 1.165) is 109 Å². The summed E-state index contributed by atoms with van der Waals surface area (Å²) in [7, 11) is -19.6. The molecule has 34 rings (SSSR count). The fourth-order valence-electron chi connectivity index (χ4n) is 30.7. The second kappa shape index (κ2) is 11.2. The zero-order chi connectivity index (χ0) is 60.6. The largest absolute Gasteiger partial charge is 0.351 e. The van der Waals surface area contributed by atoms with E-state index in [-0.39, 0.29) is 52.9 Å². The van der Waals surface area contributed by atoms with E-state index in [1.54, 1.807) is 0 Å². The lowest BCUT2D eigenvalue weighted by Crippen LogP contribution is -2.30. The standard InChI is InChI=1S/C78H40O12P4/c1-9-83-91(79,84-10-2)77(92(80,85-11-3)86-12-4)73-65-51-41-30-21-17-18-20-25-19(17)26-23-28(21)36(41)47-39-32(23)43-34(26)45-38(25)46-35-27(20)24-29-22(18)31(30)42-37(29)48-40-33(24)44(35)56-60-50(40)62(58(48)66(73)52(42)51)72-64-63-69-59(49(39)61(57(47)65)71(63)76(72,73)77)55(43)67-53(45)54(46)68(56)75(70(60)64)74(67,69)78(75,93(81,87-13-5)88-14-6)94(82,89-15-7)90-16-8/h9-16H2,1-8H3. The molecule has 94 heavy (non-hydrogen) atoms. The van der Waals surface area contributed by atoms with Gasteiger partial charge >= 0.3 is 30.4 Å². The van der Waals surface area contributed by atoms with Gasteiger partial charge in [0.05, 0.1) is 74.5 Å². The van der Waals surface area contributed by atoms with E-state index in [4.69, 9.17) is 36.2 Å². The van der Waals surface area contributed by atoms with Gasteiger partial charge in [-0.2, -0.15) is 0 Å². The van der Waals surface area contributed by atoms with Gasteiger partial charge in [0.1, 0.15) is 0 Å². The molecule has 24 aromatic rings. The fraction of sp³-hybridized carbons (Fsp3) is 0.282. The highest BCUT2D eigenvalue weighted by molar-refractivity contribution is 7.76. The fourth-order valence-corrected chi connectivity index (χ4v) is 45.1. The van der Waals surface area contributed by atoms with E-state index in [1.807, 2.05) is 55.4 Å². The third-order valence-corrected chi connectivity index (χ3v) is 43.6. The van der Waals surface area contributed by atoms with Crippen molar-refractivity contribution in [2.45, 2.75) is 86.8 Å². The molecule has 10 aliphatic rings. The van der Waals surface area contributed by atoms with Crippen LogP contribution in [0.25, 0.3) is 259 Å². The SMILES string of the molecule is CCOP(=O)(OCC)C1(P(=O)(OCC)OCC)C23c4c5c6c7c8c9c%10c%11c%12c%13c%14c(c-5c5c%15c%16c(c%17c%18c2c2c4c7c4c8c7c%10c8c%10c%11c%11c%13c(c%14%15)c%13c%16c%14c%17c%15c%18c%16c2c4c2c7c8c4c(c%162)c%15c2c%14c%13c%11c%10c24)C531)C61C9%12C1(P(=O)(OCC)OCC)P(=O)(OCC)OCC. The summed E-state index contributed by atoms with van der Waals surface area (Å²) in [4.78, 5) is -4.14. The summed E-state index contributed by atoms with van der Waals surface area (Å²) in [5, 5.41) is 58.7. The molecule has 24 aromatic carbocycles. The number of hydrogen-bond acceptors (Lipinski definition) is 12. The van der Waals surface area contributed by atoms with Gasteiger partial charge < -0.3 is 36.2 Å². The molecule has 0 heterocycles. The van der Waals surface area contributed by atoms with Gasteiger partial charge in [-0.25, -0.2) is 0 Å². The summed E-state index contributed by atoms with van der Waals surface area (Å²) in [6.45, 7) is 15.2. The van der Waals surface area contributed by atoms with Crippen LogP contribution >= 0.6 is 30.4 Å². The van der Waals surface area contributed by atoms with Gasteiger partial charge in [-0.15, -0.1) is 0 Å². The molecule has 0 aromatic heterocycles. The summed E-state index contributed by atoms with van der Waals surface area (Å²) in [6.07, 6.45) is 0. The van der Waals surface area contributed by atoms with Crippen LogP contribution in [0.15, 0.2) is 0 Å². The van der Waals surface area contributed by atoms with Crippen LogP contribution in [0.1, 0.15) is 99.9 Å². The summed E-state index contributed by atoms with van der Waals surface area (Å²) in [5.41, 5.74) is 4.28. The Balaban J connectivity index is 1.04. The molecule has 0 saturated heterocycles. The van der Waals surface area contributed by atoms with Gasteiger partial charge in [-0.1, -0.05) is 0 Å². The van der Waals surface area contributed by atoms with E-state index in [2.05, 4.69) is 0 Å². The molecule has 16 heteroatoms. The minimum absolute atomic E-state index is 0.00849. The van der Waals surface area contributed by atoms with Gasteiger partial charge in [0, 0.05) is 0 Å². The Labute approximate surface area is 524 Å². The van der Waals surface area contributed by atoms with Crippen molar-refractivity contribution in [1.29, 1.82) is 0 Å². The maximum Gasteiger partial charge on any atom is 0.351 e. The molecule has 0 aliphatic heterocycles. The van der Waals surface area contributed by atoms with Crippen LogP contribution in [-0.4, -0.2) is 62.6 Å². The molecular formula is C78H40O12P4. The zero-order valence-electron chi connectivity index (χ0n) is 51.3. The quantitative estimate of drug-likeness (QED) is 0.0529. The predicted molar refractivity (Wildman–Crippen MR) is 375 cm³/mol. The van der Waals surface area contributed by atoms with E-state index in [1.165, 1.54) is 194 Å². The molecule has 2 unspecified atom stereocenters. The first-order valence-electron chi connectivity index (χ1n) is 34.6. The lowest BCUT2D eigenvalue weighted by atomic mass is 9.66. The normalized spacial score (nSPS) is 25.4. The number of rotatable bonds is 20. The lowest BCUT2D eigenvalue weighted by molar-refractivity contribution is 0.186. The average Bonchev–Trinajstić information content (AvgIpc) is 1.34. The minimum atomic E-state index is -4.89. The second-order valence-corrected chi connectivity index (χ2v) is 40.1. The highest BCUT2D eigenvalue weighted by Crippen LogP contribution is 3.12. The average molecular weight is 1290 g/mol. The monoisotopic (exact) mass is 1290 g/mol. The first kappa shape index (κ1) is 45.7. The number of hydrogen-bond donors (Lipinski definition) is 0. The minimum Gasteiger partial charge on any atom is -0.308 e. The molecule has 0 N–H and O–H groups in total. The topological polar surface area (TPSA) is 142 Å². The van der Waals surface area contributed by atoms with Crippen LogP contribution in [0.4, 0.5) is 0 Å². The maximum absolute atomic E-state index is 18.8. The summed E-state index contributed by atoms with van der Waals surface area (Å²) >= 11 is 0. The summed E-state index contributed by atoms with van der Waals surface area (Å²) in [5.74, 6) is 0. The Morgan fingerprint density at radius 2 is 0.287 bits per heavy atom. The van der Waals surface area contributed by atoms with Crippen LogP contribution in [0, 0.1) is 0 Å². The second-order valence-electron chi connectivity index (χ2n) is 30.7. The van der Waals surface area contributed by atoms with Crippen LogP contribution < -0.4 is 0 Å². The highest BCUT2D eigenvalue weighted by atomic mass is 31.2. The van der Waals surface area contributed by atoms with E-state index >= 15 is 18.3 Å². The van der Waals surface area contributed by atoms with Gasteiger partial charge in [0.2, 0.25) is 9.79 Å². The van der Waals surface area contributed by atoms with Gasteiger partial charge in [0.25, 0.3) is 0 Å². The van der Waals surface area contributed by atoms with Crippen molar-refractivity contribution in [1.82, 2.24) is 0 Å². The maximum atomic E-state index is 18.8. The highest BCUT2D eigenvalue weighted by Gasteiger charge is 3.10. The summed E-state index contributed by atoms with van der Waals surface area (Å²) in [6, 6.07) is 0. The van der Waals surface area contributed by atoms with Crippen LogP contribution in [0.3, 0.4) is 0 Å². The molecule has 0 bridgehead atoms. The Bertz CT molecular complexity index is 7820. The van der Waals surface area contributed by atoms with Crippen molar-refractivity contribution < 1.29 is 54.5 Å². The van der Waals surface area contributed by atoms with E-state index in [0.29, 0.717) is 0 Å². The molecule has 12 nitrogen and oxygen atoms in total. The third-order valence-electron chi connectivity index (χ3n) is 30.1. The van der Waals surface area contributed by atoms with E-state index < -0.39 is 61.8 Å². The Hall–Kier alpha value is -6.68. The zero-order valence-corrected chi connectivity index (χ0v) is 54.9. The molecule has 4 spiro atoms. The van der Waals surface area contributed by atoms with Crippen molar-refractivity contribution >= 4 is 278 Å². The Morgan fingerprint density at radius 1 is 0.181 bits per heavy atom. The Morgan fingerprint density at radius 3 is 0.436 bits per heavy atom. The van der Waals surface area contributed by atoms with Gasteiger partial charge in [-0.05, 0) is 359 Å². The molecule has 0 amide bonds. The number of benzene rings is 16. The lowest BCUT2D eigenvalue weighted by Gasteiger charge is -2.36. The molecule has 10 aliphatic carbocycles. The molecule has 444 valence electrons. The van der Waals surface area contributed by atoms with Gasteiger partial charge in [-0.3, -0.25) is 18.3 Å².